The lowest BCUT2D eigenvalue weighted by Crippen LogP contribution is -2.40. The Morgan fingerprint density at radius 2 is 1.57 bits per heavy atom. The molecule has 1 aliphatic carbocycles. The first kappa shape index (κ1) is 23.0. The van der Waals surface area contributed by atoms with Crippen LogP contribution in [0, 0.1) is 5.82 Å². The summed E-state index contributed by atoms with van der Waals surface area (Å²) in [6, 6.07) is 21.9. The summed E-state index contributed by atoms with van der Waals surface area (Å²) in [7, 11) is 0. The van der Waals surface area contributed by atoms with Crippen molar-refractivity contribution in [1.82, 2.24) is 0 Å². The highest BCUT2D eigenvalue weighted by Crippen LogP contribution is 2.43. The maximum atomic E-state index is 13.4. The summed E-state index contributed by atoms with van der Waals surface area (Å²) in [5, 5.41) is 0. The molecule has 5 rings (SSSR count). The van der Waals surface area contributed by atoms with Gasteiger partial charge in [0.15, 0.2) is 5.78 Å². The van der Waals surface area contributed by atoms with Crippen LogP contribution in [0.2, 0.25) is 0 Å². The van der Waals surface area contributed by atoms with Gasteiger partial charge in [0.2, 0.25) is 5.91 Å². The molecule has 1 heterocycles. The van der Waals surface area contributed by atoms with Crippen LogP contribution in [0.25, 0.3) is 0 Å². The maximum absolute atomic E-state index is 13.4. The van der Waals surface area contributed by atoms with Gasteiger partial charge >= 0.3 is 0 Å². The Morgan fingerprint density at radius 1 is 0.886 bits per heavy atom. The Morgan fingerprint density at radius 3 is 2.26 bits per heavy atom. The second-order valence-corrected chi connectivity index (χ2v) is 9.13. The van der Waals surface area contributed by atoms with Crippen molar-refractivity contribution < 1.29 is 18.7 Å². The van der Waals surface area contributed by atoms with Crippen molar-refractivity contribution >= 4 is 17.4 Å². The van der Waals surface area contributed by atoms with Gasteiger partial charge in [0, 0.05) is 35.7 Å². The third kappa shape index (κ3) is 4.76. The topological polar surface area (TPSA) is 46.6 Å². The van der Waals surface area contributed by atoms with Gasteiger partial charge in [-0.2, -0.15) is 0 Å². The van der Waals surface area contributed by atoms with Crippen LogP contribution in [0.5, 0.6) is 5.75 Å². The molecule has 0 radical (unpaired) electrons. The van der Waals surface area contributed by atoms with E-state index in [-0.39, 0.29) is 29.8 Å². The van der Waals surface area contributed by atoms with E-state index < -0.39 is 0 Å². The minimum Gasteiger partial charge on any atom is -0.489 e. The number of amides is 1. The van der Waals surface area contributed by atoms with Crippen LogP contribution in [0.4, 0.5) is 10.1 Å². The van der Waals surface area contributed by atoms with E-state index in [0.29, 0.717) is 18.8 Å². The number of nitrogens with zero attached hydrogens (tertiary/aromatic N) is 1. The van der Waals surface area contributed by atoms with E-state index in [9.17, 15) is 14.0 Å². The predicted octanol–water partition coefficient (Wildman–Crippen LogP) is 6.49. The molecule has 5 heteroatoms. The van der Waals surface area contributed by atoms with E-state index in [1.54, 1.807) is 17.0 Å². The van der Waals surface area contributed by atoms with Gasteiger partial charge in [0.1, 0.15) is 18.2 Å². The lowest BCUT2D eigenvalue weighted by atomic mass is 9.77. The van der Waals surface area contributed by atoms with Crippen LogP contribution in [-0.4, -0.2) is 11.7 Å². The smallest absolute Gasteiger partial charge is 0.232 e. The molecule has 0 saturated carbocycles. The van der Waals surface area contributed by atoms with Gasteiger partial charge in [-0.25, -0.2) is 4.39 Å². The number of carbonyl (C=O) groups is 2. The number of allylic oxidation sites excluding steroid dienone is 2. The molecular weight excluding hydrogens is 441 g/mol. The predicted molar refractivity (Wildman–Crippen MR) is 134 cm³/mol. The fourth-order valence-electron chi connectivity index (χ4n) is 5.00. The van der Waals surface area contributed by atoms with Gasteiger partial charge < -0.3 is 4.74 Å². The molecule has 178 valence electrons. The number of ether oxygens (including phenoxy) is 1. The lowest BCUT2D eigenvalue weighted by molar-refractivity contribution is -0.119. The van der Waals surface area contributed by atoms with Gasteiger partial charge in [-0.3, -0.25) is 14.5 Å². The summed E-state index contributed by atoms with van der Waals surface area (Å²) < 4.78 is 18.9. The Kier molecular flexibility index (Phi) is 6.49. The van der Waals surface area contributed by atoms with E-state index in [2.05, 4.69) is 6.92 Å². The molecule has 0 saturated heterocycles. The molecule has 3 aromatic rings. The minimum absolute atomic E-state index is 0.0179. The molecule has 1 atom stereocenters. The monoisotopic (exact) mass is 469 g/mol. The number of benzene rings is 3. The molecule has 0 bridgehead atoms. The Labute approximate surface area is 205 Å². The zero-order valence-electron chi connectivity index (χ0n) is 19.8. The molecule has 0 fully saturated rings. The first-order valence-corrected chi connectivity index (χ1v) is 12.2. The highest BCUT2D eigenvalue weighted by molar-refractivity contribution is 6.07. The molecule has 1 aliphatic heterocycles. The number of hydrogen-bond donors (Lipinski definition) is 0. The van der Waals surface area contributed by atoms with Crippen molar-refractivity contribution in [2.45, 2.75) is 51.6 Å². The molecule has 2 aliphatic rings. The highest BCUT2D eigenvalue weighted by atomic mass is 19.1. The first-order valence-electron chi connectivity index (χ1n) is 12.2. The van der Waals surface area contributed by atoms with E-state index >= 15 is 0 Å². The van der Waals surface area contributed by atoms with Crippen LogP contribution in [-0.2, 0) is 22.6 Å². The van der Waals surface area contributed by atoms with Crippen molar-refractivity contribution in [1.29, 1.82) is 0 Å². The van der Waals surface area contributed by atoms with Gasteiger partial charge in [-0.15, -0.1) is 0 Å². The molecule has 1 amide bonds. The van der Waals surface area contributed by atoms with Gasteiger partial charge in [-0.1, -0.05) is 43.3 Å². The Hall–Kier alpha value is -3.73. The SMILES string of the molecule is CCc1ccc(N2C(=O)CC(c3ccc(OCc4ccc(F)cc4)cc3)C3=C2CCCC3=O)cc1. The van der Waals surface area contributed by atoms with Gasteiger partial charge in [0.05, 0.1) is 0 Å². The van der Waals surface area contributed by atoms with Crippen molar-refractivity contribution in [2.75, 3.05) is 4.90 Å². The molecule has 0 aromatic heterocycles. The number of carbonyl (C=O) groups excluding carboxylic acids is 2. The first-order chi connectivity index (χ1) is 17.0. The summed E-state index contributed by atoms with van der Waals surface area (Å²) in [5.74, 6) is 0.312. The summed E-state index contributed by atoms with van der Waals surface area (Å²) in [6.45, 7) is 2.44. The van der Waals surface area contributed by atoms with Crippen LogP contribution >= 0.6 is 0 Å². The van der Waals surface area contributed by atoms with Gasteiger partial charge in [-0.05, 0) is 72.4 Å². The second-order valence-electron chi connectivity index (χ2n) is 9.13. The van der Waals surface area contributed by atoms with E-state index in [1.807, 2.05) is 48.5 Å². The fourth-order valence-corrected chi connectivity index (χ4v) is 5.00. The molecule has 0 N–H and O–H groups in total. The normalized spacial score (nSPS) is 18.0. The molecular formula is C30H28FNO3. The summed E-state index contributed by atoms with van der Waals surface area (Å²) >= 11 is 0. The fraction of sp³-hybridized carbons (Fsp3) is 0.267. The number of aryl methyl sites for hydroxylation is 1. The average molecular weight is 470 g/mol. The van der Waals surface area contributed by atoms with Crippen LogP contribution < -0.4 is 9.64 Å². The quantitative estimate of drug-likeness (QED) is 0.414. The Bertz CT molecular complexity index is 1260. The zero-order chi connectivity index (χ0) is 24.4. The minimum atomic E-state index is -0.275. The van der Waals surface area contributed by atoms with Crippen molar-refractivity contribution in [3.05, 3.63) is 107 Å². The number of halogens is 1. The number of Topliss-reactive ketones (excluding diaryl/α,β-unsaturated/α-hetero) is 1. The second kappa shape index (κ2) is 9.87. The van der Waals surface area contributed by atoms with Crippen LogP contribution in [0.1, 0.15) is 55.2 Å². The number of hydrogen-bond acceptors (Lipinski definition) is 3. The average Bonchev–Trinajstić information content (AvgIpc) is 2.88. The van der Waals surface area contributed by atoms with Crippen molar-refractivity contribution in [3.8, 4) is 5.75 Å². The van der Waals surface area contributed by atoms with E-state index in [0.717, 1.165) is 47.3 Å². The van der Waals surface area contributed by atoms with Crippen LogP contribution in [0.3, 0.4) is 0 Å². The summed E-state index contributed by atoms with van der Waals surface area (Å²) in [6.07, 6.45) is 3.20. The molecule has 1 unspecified atom stereocenters. The molecule has 35 heavy (non-hydrogen) atoms. The number of ketones is 1. The third-order valence-electron chi connectivity index (χ3n) is 6.88. The van der Waals surface area contributed by atoms with E-state index in [4.69, 9.17) is 4.74 Å². The largest absolute Gasteiger partial charge is 0.489 e. The number of rotatable bonds is 6. The lowest BCUT2D eigenvalue weighted by Gasteiger charge is -2.38. The standard InChI is InChI=1S/C30H28FNO3/c1-2-20-8-14-24(15-9-20)32-27-4-3-5-28(33)30(27)26(18-29(32)34)22-10-16-25(17-11-22)35-19-21-6-12-23(31)13-7-21/h6-17,26H,2-5,18-19H2,1H3. The van der Waals surface area contributed by atoms with Crippen molar-refractivity contribution in [2.24, 2.45) is 0 Å². The molecule has 3 aromatic carbocycles. The third-order valence-corrected chi connectivity index (χ3v) is 6.88. The summed E-state index contributed by atoms with van der Waals surface area (Å²) in [5.41, 5.74) is 5.49. The highest BCUT2D eigenvalue weighted by Gasteiger charge is 2.39. The van der Waals surface area contributed by atoms with Crippen molar-refractivity contribution in [3.63, 3.8) is 0 Å². The van der Waals surface area contributed by atoms with Gasteiger partial charge in [0.25, 0.3) is 0 Å². The van der Waals surface area contributed by atoms with Crippen LogP contribution in [0.15, 0.2) is 84.1 Å². The maximum Gasteiger partial charge on any atom is 0.232 e. The van der Waals surface area contributed by atoms with E-state index in [1.165, 1.54) is 17.7 Å². The molecule has 0 spiro atoms. The zero-order valence-corrected chi connectivity index (χ0v) is 19.8. The molecule has 4 nitrogen and oxygen atoms in total. The summed E-state index contributed by atoms with van der Waals surface area (Å²) in [4.78, 5) is 28.2. The Balaban J connectivity index is 1.40. The number of anilines is 1.